The normalized spacial score (nSPS) is 10.2. The highest BCUT2D eigenvalue weighted by Crippen LogP contribution is 2.29. The molecule has 0 radical (unpaired) electrons. The van der Waals surface area contributed by atoms with Crippen LogP contribution in [0.25, 0.3) is 0 Å². The molecule has 1 N–H and O–H groups in total. The van der Waals surface area contributed by atoms with Gasteiger partial charge in [-0.25, -0.2) is 0 Å². The third kappa shape index (κ3) is 3.88. The molecular formula is C21H16N2O5. The molecule has 140 valence electrons. The molecule has 1 amide bonds. The van der Waals surface area contributed by atoms with Crippen molar-refractivity contribution in [2.75, 3.05) is 12.4 Å². The van der Waals surface area contributed by atoms with E-state index in [2.05, 4.69) is 5.32 Å². The van der Waals surface area contributed by atoms with Crippen LogP contribution >= 0.6 is 0 Å². The average Bonchev–Trinajstić information content (AvgIpc) is 2.74. The van der Waals surface area contributed by atoms with Crippen molar-refractivity contribution in [3.63, 3.8) is 0 Å². The van der Waals surface area contributed by atoms with E-state index in [4.69, 9.17) is 4.74 Å². The number of nitrogens with one attached hydrogen (secondary N) is 1. The minimum atomic E-state index is -0.617. The average molecular weight is 376 g/mol. The number of rotatable bonds is 6. The number of ketones is 1. The number of nitro groups is 1. The third-order valence-corrected chi connectivity index (χ3v) is 4.10. The summed E-state index contributed by atoms with van der Waals surface area (Å²) in [5.41, 5.74) is 0.486. The van der Waals surface area contributed by atoms with Crippen LogP contribution in [0, 0.1) is 10.1 Å². The molecule has 28 heavy (non-hydrogen) atoms. The number of nitro benzene ring substituents is 1. The summed E-state index contributed by atoms with van der Waals surface area (Å²) in [5.74, 6) is -0.631. The first-order chi connectivity index (χ1) is 13.5. The highest BCUT2D eigenvalue weighted by atomic mass is 16.6. The van der Waals surface area contributed by atoms with Gasteiger partial charge in [0.1, 0.15) is 11.4 Å². The van der Waals surface area contributed by atoms with Gasteiger partial charge in [-0.15, -0.1) is 0 Å². The van der Waals surface area contributed by atoms with Crippen molar-refractivity contribution in [3.05, 3.63) is 99.6 Å². The molecule has 0 aliphatic heterocycles. The van der Waals surface area contributed by atoms with Gasteiger partial charge in [0, 0.05) is 11.1 Å². The van der Waals surface area contributed by atoms with Crippen molar-refractivity contribution in [2.24, 2.45) is 0 Å². The molecule has 3 aromatic carbocycles. The number of benzene rings is 3. The Morgan fingerprint density at radius 1 is 0.929 bits per heavy atom. The number of carbonyl (C=O) groups is 2. The maximum atomic E-state index is 12.8. The number of anilines is 1. The molecule has 0 aliphatic rings. The maximum absolute atomic E-state index is 12.8. The summed E-state index contributed by atoms with van der Waals surface area (Å²) in [6, 6.07) is 19.0. The number of methoxy groups -OCH3 is 1. The predicted molar refractivity (Wildman–Crippen MR) is 104 cm³/mol. The van der Waals surface area contributed by atoms with E-state index in [9.17, 15) is 19.7 Å². The van der Waals surface area contributed by atoms with Crippen LogP contribution in [-0.2, 0) is 0 Å². The molecular weight excluding hydrogens is 360 g/mol. The zero-order valence-electron chi connectivity index (χ0n) is 14.9. The van der Waals surface area contributed by atoms with Gasteiger partial charge in [0.25, 0.3) is 11.6 Å². The van der Waals surface area contributed by atoms with Crippen LogP contribution in [0.1, 0.15) is 26.3 Å². The lowest BCUT2D eigenvalue weighted by atomic mass is 9.98. The van der Waals surface area contributed by atoms with E-state index in [0.717, 1.165) is 0 Å². The predicted octanol–water partition coefficient (Wildman–Crippen LogP) is 4.09. The van der Waals surface area contributed by atoms with Gasteiger partial charge in [-0.1, -0.05) is 48.5 Å². The van der Waals surface area contributed by atoms with Gasteiger partial charge in [0.2, 0.25) is 0 Å². The molecule has 0 aromatic heterocycles. The van der Waals surface area contributed by atoms with Gasteiger partial charge in [-0.2, -0.15) is 0 Å². The lowest BCUT2D eigenvalue weighted by molar-refractivity contribution is -0.384. The first-order valence-corrected chi connectivity index (χ1v) is 8.34. The smallest absolute Gasteiger partial charge is 0.296 e. The summed E-state index contributed by atoms with van der Waals surface area (Å²) in [6.07, 6.45) is 0. The molecule has 3 aromatic rings. The highest BCUT2D eigenvalue weighted by Gasteiger charge is 2.21. The van der Waals surface area contributed by atoms with Crippen molar-refractivity contribution < 1.29 is 19.2 Å². The minimum absolute atomic E-state index is 0.0118. The van der Waals surface area contributed by atoms with Crippen LogP contribution in [0.3, 0.4) is 0 Å². The Bertz CT molecular complexity index is 1050. The molecule has 0 heterocycles. The number of hydrogen-bond acceptors (Lipinski definition) is 5. The monoisotopic (exact) mass is 376 g/mol. The second-order valence-corrected chi connectivity index (χ2v) is 5.84. The Labute approximate surface area is 160 Å². The second kappa shape index (κ2) is 8.13. The summed E-state index contributed by atoms with van der Waals surface area (Å²) in [7, 11) is 1.39. The SMILES string of the molecule is COc1ccc(NC(=O)c2ccccc2C(=O)c2ccccc2)c([N+](=O)[O-])c1. The summed E-state index contributed by atoms with van der Waals surface area (Å²) >= 11 is 0. The fraction of sp³-hybridized carbons (Fsp3) is 0.0476. The standard InChI is InChI=1S/C21H16N2O5/c1-28-15-11-12-18(19(13-15)23(26)27)22-21(25)17-10-6-5-9-16(17)20(24)14-7-3-2-4-8-14/h2-13H,1H3,(H,22,25). The van der Waals surface area contributed by atoms with Crippen molar-refractivity contribution in [1.82, 2.24) is 0 Å². The molecule has 0 saturated heterocycles. The van der Waals surface area contributed by atoms with Crippen LogP contribution in [0.15, 0.2) is 72.8 Å². The molecule has 0 atom stereocenters. The Balaban J connectivity index is 1.95. The highest BCUT2D eigenvalue weighted by molar-refractivity contribution is 6.17. The first-order valence-electron chi connectivity index (χ1n) is 8.34. The van der Waals surface area contributed by atoms with Gasteiger partial charge in [0.05, 0.1) is 23.7 Å². The van der Waals surface area contributed by atoms with Gasteiger partial charge >= 0.3 is 0 Å². The van der Waals surface area contributed by atoms with E-state index in [1.165, 1.54) is 31.4 Å². The van der Waals surface area contributed by atoms with E-state index in [1.807, 2.05) is 0 Å². The van der Waals surface area contributed by atoms with E-state index >= 15 is 0 Å². The molecule has 0 unspecified atom stereocenters. The molecule has 0 saturated carbocycles. The molecule has 3 rings (SSSR count). The molecule has 0 fully saturated rings. The fourth-order valence-corrected chi connectivity index (χ4v) is 2.71. The quantitative estimate of drug-likeness (QED) is 0.397. The number of hydrogen-bond donors (Lipinski definition) is 1. The van der Waals surface area contributed by atoms with Crippen molar-refractivity contribution >= 4 is 23.1 Å². The van der Waals surface area contributed by atoms with Gasteiger partial charge in [-0.3, -0.25) is 19.7 Å². The Kier molecular flexibility index (Phi) is 5.45. The number of ether oxygens (including phenoxy) is 1. The summed E-state index contributed by atoms with van der Waals surface area (Å²) in [6.45, 7) is 0. The molecule has 7 heteroatoms. The Morgan fingerprint density at radius 2 is 1.57 bits per heavy atom. The minimum Gasteiger partial charge on any atom is -0.496 e. The second-order valence-electron chi connectivity index (χ2n) is 5.84. The van der Waals surface area contributed by atoms with Crippen LogP contribution < -0.4 is 10.1 Å². The Morgan fingerprint density at radius 3 is 2.21 bits per heavy atom. The molecule has 0 bridgehead atoms. The van der Waals surface area contributed by atoms with Gasteiger partial charge < -0.3 is 10.1 Å². The molecule has 0 aliphatic carbocycles. The number of carbonyl (C=O) groups excluding carboxylic acids is 2. The number of nitrogens with zero attached hydrogens (tertiary/aromatic N) is 1. The zero-order chi connectivity index (χ0) is 20.1. The summed E-state index contributed by atoms with van der Waals surface area (Å²) in [4.78, 5) is 36.3. The third-order valence-electron chi connectivity index (χ3n) is 4.10. The van der Waals surface area contributed by atoms with Gasteiger partial charge in [-0.05, 0) is 18.2 Å². The lowest BCUT2D eigenvalue weighted by Gasteiger charge is -2.10. The number of amides is 1. The summed E-state index contributed by atoms with van der Waals surface area (Å²) < 4.78 is 4.99. The summed E-state index contributed by atoms with van der Waals surface area (Å²) in [5, 5.41) is 13.8. The topological polar surface area (TPSA) is 98.5 Å². The van der Waals surface area contributed by atoms with E-state index < -0.39 is 10.8 Å². The Hall–Kier alpha value is -4.00. The van der Waals surface area contributed by atoms with Crippen LogP contribution in [0.5, 0.6) is 5.75 Å². The van der Waals surface area contributed by atoms with E-state index in [-0.39, 0.29) is 28.3 Å². The largest absolute Gasteiger partial charge is 0.496 e. The van der Waals surface area contributed by atoms with Crippen LogP contribution in [0.4, 0.5) is 11.4 Å². The van der Waals surface area contributed by atoms with Crippen LogP contribution in [-0.4, -0.2) is 23.7 Å². The van der Waals surface area contributed by atoms with E-state index in [0.29, 0.717) is 11.3 Å². The zero-order valence-corrected chi connectivity index (χ0v) is 14.9. The van der Waals surface area contributed by atoms with Crippen molar-refractivity contribution in [3.8, 4) is 5.75 Å². The molecule has 0 spiro atoms. The maximum Gasteiger partial charge on any atom is 0.296 e. The fourth-order valence-electron chi connectivity index (χ4n) is 2.71. The van der Waals surface area contributed by atoms with Gasteiger partial charge in [0.15, 0.2) is 5.78 Å². The van der Waals surface area contributed by atoms with Crippen LogP contribution in [0.2, 0.25) is 0 Å². The van der Waals surface area contributed by atoms with E-state index in [1.54, 1.807) is 48.5 Å². The lowest BCUT2D eigenvalue weighted by Crippen LogP contribution is -2.17. The van der Waals surface area contributed by atoms with Crippen molar-refractivity contribution in [2.45, 2.75) is 0 Å². The van der Waals surface area contributed by atoms with Crippen molar-refractivity contribution in [1.29, 1.82) is 0 Å². The first kappa shape index (κ1) is 18.8. The molecule has 7 nitrogen and oxygen atoms in total.